The molecule has 0 spiro atoms. The highest BCUT2D eigenvalue weighted by Gasteiger charge is 2.26. The van der Waals surface area contributed by atoms with Crippen molar-refractivity contribution in [2.24, 2.45) is 4.99 Å². The maximum Gasteiger partial charge on any atom is 0.390 e. The summed E-state index contributed by atoms with van der Waals surface area (Å²) >= 11 is 0. The molecule has 2 N–H and O–H groups in total. The molecule has 5 nitrogen and oxygen atoms in total. The van der Waals surface area contributed by atoms with Gasteiger partial charge in [-0.05, 0) is 6.42 Å². The van der Waals surface area contributed by atoms with Crippen molar-refractivity contribution in [2.75, 3.05) is 13.6 Å². The monoisotopic (exact) mass is 434 g/mol. The summed E-state index contributed by atoms with van der Waals surface area (Å²) in [6.07, 6.45) is -3.63. The van der Waals surface area contributed by atoms with Gasteiger partial charge in [0.1, 0.15) is 5.76 Å². The topological polar surface area (TPSA) is 62.5 Å². The Labute approximate surface area is 145 Å². The summed E-state index contributed by atoms with van der Waals surface area (Å²) in [5.74, 6) is 1.11. The minimum Gasteiger partial charge on any atom is -0.361 e. The number of guanidine groups is 1. The predicted molar refractivity (Wildman–Crippen MR) is 89.5 cm³/mol. The minimum absolute atomic E-state index is 0. The van der Waals surface area contributed by atoms with Crippen molar-refractivity contribution in [3.63, 3.8) is 0 Å². The Morgan fingerprint density at radius 3 is 2.41 bits per heavy atom. The van der Waals surface area contributed by atoms with E-state index in [1.807, 2.05) is 13.8 Å². The van der Waals surface area contributed by atoms with E-state index in [0.29, 0.717) is 18.9 Å². The largest absolute Gasteiger partial charge is 0.390 e. The van der Waals surface area contributed by atoms with Crippen LogP contribution in [0.3, 0.4) is 0 Å². The minimum atomic E-state index is -4.18. The smallest absolute Gasteiger partial charge is 0.361 e. The molecular weight excluding hydrogens is 412 g/mol. The first-order chi connectivity index (χ1) is 9.91. The zero-order valence-corrected chi connectivity index (χ0v) is 15.2. The number of halogens is 4. The van der Waals surface area contributed by atoms with Crippen LogP contribution in [0, 0.1) is 0 Å². The van der Waals surface area contributed by atoms with Crippen molar-refractivity contribution in [3.05, 3.63) is 17.0 Å². The highest BCUT2D eigenvalue weighted by atomic mass is 127. The van der Waals surface area contributed by atoms with Gasteiger partial charge in [-0.25, -0.2) is 0 Å². The fourth-order valence-corrected chi connectivity index (χ4v) is 1.85. The van der Waals surface area contributed by atoms with Gasteiger partial charge in [0.15, 0.2) is 5.96 Å². The molecule has 0 aliphatic heterocycles. The molecular formula is C13H22F3IN4O. The standard InChI is InChI=1S/C13H21F3N4O.HI/c1-4-10-9(11(5-2)21-20-10)8-19-12(17-3)18-7-6-13(14,15)16;/h4-8H2,1-3H3,(H2,17,18,19);1H. The van der Waals surface area contributed by atoms with Gasteiger partial charge in [0.2, 0.25) is 0 Å². The summed E-state index contributed by atoms with van der Waals surface area (Å²) in [6.45, 7) is 4.13. The van der Waals surface area contributed by atoms with E-state index in [1.165, 1.54) is 7.05 Å². The Morgan fingerprint density at radius 1 is 1.23 bits per heavy atom. The number of aromatic nitrogens is 1. The lowest BCUT2D eigenvalue weighted by molar-refractivity contribution is -0.132. The SMILES string of the molecule is CCc1noc(CC)c1CNC(=NC)NCCC(F)(F)F.I. The zero-order valence-electron chi connectivity index (χ0n) is 12.9. The number of aliphatic imine (C=N–C) groups is 1. The molecule has 0 atom stereocenters. The molecule has 0 unspecified atom stereocenters. The average Bonchev–Trinajstić information content (AvgIpc) is 2.83. The van der Waals surface area contributed by atoms with E-state index in [1.54, 1.807) is 0 Å². The number of nitrogens with one attached hydrogen (secondary N) is 2. The summed E-state index contributed by atoms with van der Waals surface area (Å²) in [7, 11) is 1.51. The first kappa shape index (κ1) is 21.0. The summed E-state index contributed by atoms with van der Waals surface area (Å²) in [4.78, 5) is 3.89. The van der Waals surface area contributed by atoms with Crippen LogP contribution in [0.1, 0.15) is 37.3 Å². The van der Waals surface area contributed by atoms with Crippen molar-refractivity contribution in [1.29, 1.82) is 0 Å². The molecule has 0 bridgehead atoms. The molecule has 0 radical (unpaired) electrons. The Hall–Kier alpha value is -1.00. The quantitative estimate of drug-likeness (QED) is 0.411. The lowest BCUT2D eigenvalue weighted by Gasteiger charge is -2.13. The van der Waals surface area contributed by atoms with Crippen LogP contribution in [0.5, 0.6) is 0 Å². The van der Waals surface area contributed by atoms with Crippen LogP contribution in [-0.2, 0) is 19.4 Å². The Morgan fingerprint density at radius 2 is 1.91 bits per heavy atom. The van der Waals surface area contributed by atoms with E-state index in [9.17, 15) is 13.2 Å². The van der Waals surface area contributed by atoms with Gasteiger partial charge in [-0.2, -0.15) is 13.2 Å². The second-order valence-corrected chi connectivity index (χ2v) is 4.46. The first-order valence-corrected chi connectivity index (χ1v) is 6.88. The molecule has 9 heteroatoms. The van der Waals surface area contributed by atoms with Crippen LogP contribution in [0.2, 0.25) is 0 Å². The lowest BCUT2D eigenvalue weighted by atomic mass is 10.1. The fraction of sp³-hybridized carbons (Fsp3) is 0.692. The number of aryl methyl sites for hydroxylation is 2. The molecule has 0 aliphatic carbocycles. The van der Waals surface area contributed by atoms with E-state index >= 15 is 0 Å². The predicted octanol–water partition coefficient (Wildman–Crippen LogP) is 3.03. The average molecular weight is 434 g/mol. The molecule has 0 aromatic carbocycles. The fourth-order valence-electron chi connectivity index (χ4n) is 1.85. The van der Waals surface area contributed by atoms with Gasteiger partial charge in [0, 0.05) is 32.1 Å². The highest BCUT2D eigenvalue weighted by Crippen LogP contribution is 2.18. The van der Waals surface area contributed by atoms with Crippen LogP contribution in [0.4, 0.5) is 13.2 Å². The molecule has 0 fully saturated rings. The van der Waals surface area contributed by atoms with E-state index in [2.05, 4.69) is 20.8 Å². The molecule has 0 aliphatic rings. The molecule has 128 valence electrons. The molecule has 1 aromatic rings. The second-order valence-electron chi connectivity index (χ2n) is 4.46. The molecule has 0 saturated heterocycles. The number of rotatable bonds is 6. The molecule has 1 rings (SSSR count). The van der Waals surface area contributed by atoms with E-state index in [0.717, 1.165) is 23.4 Å². The first-order valence-electron chi connectivity index (χ1n) is 6.88. The van der Waals surface area contributed by atoms with Crippen LogP contribution < -0.4 is 10.6 Å². The van der Waals surface area contributed by atoms with Gasteiger partial charge in [0.25, 0.3) is 0 Å². The van der Waals surface area contributed by atoms with Crippen molar-refractivity contribution in [2.45, 2.75) is 45.8 Å². The molecule has 1 heterocycles. The normalized spacial score (nSPS) is 12.0. The Kier molecular flexibility index (Phi) is 9.45. The van der Waals surface area contributed by atoms with Gasteiger partial charge < -0.3 is 15.2 Å². The highest BCUT2D eigenvalue weighted by molar-refractivity contribution is 14.0. The van der Waals surface area contributed by atoms with Crippen LogP contribution in [0.25, 0.3) is 0 Å². The third-order valence-corrected chi connectivity index (χ3v) is 2.96. The number of alkyl halides is 3. The van der Waals surface area contributed by atoms with E-state index in [4.69, 9.17) is 4.52 Å². The van der Waals surface area contributed by atoms with Crippen molar-refractivity contribution >= 4 is 29.9 Å². The van der Waals surface area contributed by atoms with Crippen LogP contribution in [-0.4, -0.2) is 30.9 Å². The second kappa shape index (κ2) is 9.90. The lowest BCUT2D eigenvalue weighted by Crippen LogP contribution is -2.38. The molecule has 22 heavy (non-hydrogen) atoms. The third-order valence-electron chi connectivity index (χ3n) is 2.96. The summed E-state index contributed by atoms with van der Waals surface area (Å²) in [5, 5.41) is 9.59. The van der Waals surface area contributed by atoms with Crippen molar-refractivity contribution < 1.29 is 17.7 Å². The maximum absolute atomic E-state index is 12.1. The van der Waals surface area contributed by atoms with Crippen LogP contribution in [0.15, 0.2) is 9.52 Å². The van der Waals surface area contributed by atoms with E-state index < -0.39 is 12.6 Å². The Bertz CT molecular complexity index is 453. The van der Waals surface area contributed by atoms with Crippen molar-refractivity contribution in [1.82, 2.24) is 15.8 Å². The zero-order chi connectivity index (χ0) is 15.9. The number of hydrogen-bond acceptors (Lipinski definition) is 3. The third kappa shape index (κ3) is 6.84. The molecule has 1 aromatic heterocycles. The van der Waals surface area contributed by atoms with Gasteiger partial charge >= 0.3 is 6.18 Å². The van der Waals surface area contributed by atoms with Gasteiger partial charge in [-0.3, -0.25) is 4.99 Å². The van der Waals surface area contributed by atoms with Crippen LogP contribution >= 0.6 is 24.0 Å². The van der Waals surface area contributed by atoms with E-state index in [-0.39, 0.29) is 30.5 Å². The number of hydrogen-bond donors (Lipinski definition) is 2. The number of nitrogens with zero attached hydrogens (tertiary/aromatic N) is 2. The van der Waals surface area contributed by atoms with Crippen molar-refractivity contribution in [3.8, 4) is 0 Å². The summed E-state index contributed by atoms with van der Waals surface area (Å²) in [6, 6.07) is 0. The van der Waals surface area contributed by atoms with Gasteiger partial charge in [-0.1, -0.05) is 19.0 Å². The molecule has 0 amide bonds. The Balaban J connectivity index is 0.00000441. The summed E-state index contributed by atoms with van der Waals surface area (Å²) < 4.78 is 41.5. The maximum atomic E-state index is 12.1. The summed E-state index contributed by atoms with van der Waals surface area (Å²) in [5.41, 5.74) is 1.80. The molecule has 0 saturated carbocycles. The van der Waals surface area contributed by atoms with Gasteiger partial charge in [0.05, 0.1) is 12.1 Å². The van der Waals surface area contributed by atoms with Gasteiger partial charge in [-0.15, -0.1) is 24.0 Å².